The number of rotatable bonds is 12. The van der Waals surface area contributed by atoms with Crippen LogP contribution in [0.15, 0.2) is 0 Å². The van der Waals surface area contributed by atoms with Crippen molar-refractivity contribution in [3.63, 3.8) is 0 Å². The predicted molar refractivity (Wildman–Crippen MR) is 112 cm³/mol. The molecule has 0 saturated carbocycles. The van der Waals surface area contributed by atoms with Crippen molar-refractivity contribution in [3.8, 4) is 0 Å². The molecule has 0 radical (unpaired) electrons. The third-order valence-electron chi connectivity index (χ3n) is 6.35. The van der Waals surface area contributed by atoms with Crippen LogP contribution in [0.2, 0.25) is 0 Å². The first-order chi connectivity index (χ1) is 14.8. The van der Waals surface area contributed by atoms with Gasteiger partial charge in [0.05, 0.1) is 18.5 Å². The number of nitrogens with two attached hydrogens (primary N) is 1. The van der Waals surface area contributed by atoms with Crippen molar-refractivity contribution in [2.24, 2.45) is 11.1 Å². The van der Waals surface area contributed by atoms with Gasteiger partial charge in [0, 0.05) is 23.8 Å². The zero-order valence-corrected chi connectivity index (χ0v) is 18.2. The number of hydroxylamine groups is 2. The van der Waals surface area contributed by atoms with Gasteiger partial charge in [-0.1, -0.05) is 12.8 Å². The lowest BCUT2D eigenvalue weighted by Crippen LogP contribution is -2.46. The highest BCUT2D eigenvalue weighted by molar-refractivity contribution is 8.00. The van der Waals surface area contributed by atoms with Crippen molar-refractivity contribution in [1.29, 1.82) is 0 Å². The third kappa shape index (κ3) is 4.78. The molecule has 0 aromatic heterocycles. The lowest BCUT2D eigenvalue weighted by molar-refractivity contribution is -0.175. The number of carbonyl (C=O) groups excluding carboxylic acids is 5. The lowest BCUT2D eigenvalue weighted by atomic mass is 9.74. The first-order valence-electron chi connectivity index (χ1n) is 10.8. The van der Waals surface area contributed by atoms with E-state index < -0.39 is 35.2 Å². The largest absolute Gasteiger partial charge is 0.332 e. The summed E-state index contributed by atoms with van der Waals surface area (Å²) in [5.41, 5.74) is 3.35. The van der Waals surface area contributed by atoms with E-state index in [4.69, 9.17) is 5.73 Å². The van der Waals surface area contributed by atoms with Crippen molar-refractivity contribution in [1.82, 2.24) is 15.7 Å². The number of urea groups is 1. The van der Waals surface area contributed by atoms with Gasteiger partial charge in [0.1, 0.15) is 0 Å². The van der Waals surface area contributed by atoms with E-state index in [0.717, 1.165) is 18.6 Å². The quantitative estimate of drug-likeness (QED) is 0.109. The Balaban J connectivity index is 1.55. The van der Waals surface area contributed by atoms with Gasteiger partial charge in [0.25, 0.3) is 11.8 Å². The minimum Gasteiger partial charge on any atom is -0.332 e. The van der Waals surface area contributed by atoms with Gasteiger partial charge in [0.2, 0.25) is 0 Å². The smallest absolute Gasteiger partial charge is 0.315 e. The Morgan fingerprint density at radius 3 is 2.35 bits per heavy atom. The molecule has 3 rings (SSSR count). The second kappa shape index (κ2) is 10.1. The Bertz CT molecular complexity index is 762. The van der Waals surface area contributed by atoms with Crippen LogP contribution >= 0.6 is 11.8 Å². The van der Waals surface area contributed by atoms with Gasteiger partial charge in [-0.25, -0.2) is 4.79 Å². The molecule has 4 atom stereocenters. The number of carbonyl (C=O) groups is 5. The summed E-state index contributed by atoms with van der Waals surface area (Å²) >= 11 is 1.78. The highest BCUT2D eigenvalue weighted by Crippen LogP contribution is 2.38. The Morgan fingerprint density at radius 1 is 1.06 bits per heavy atom. The van der Waals surface area contributed by atoms with Gasteiger partial charge in [-0.2, -0.15) is 16.8 Å². The molecule has 3 saturated heterocycles. The van der Waals surface area contributed by atoms with E-state index in [1.165, 1.54) is 0 Å². The number of nitrogens with one attached hydrogen (secondary N) is 2. The summed E-state index contributed by atoms with van der Waals surface area (Å²) in [6.07, 6.45) is 3.20. The van der Waals surface area contributed by atoms with Crippen molar-refractivity contribution in [3.05, 3.63) is 0 Å². The van der Waals surface area contributed by atoms with Crippen LogP contribution in [-0.4, -0.2) is 69.3 Å². The molecule has 4 amide bonds. The average Bonchev–Trinajstić information content (AvgIpc) is 3.36. The highest BCUT2D eigenvalue weighted by Gasteiger charge is 2.60. The molecule has 5 N–H and O–H groups in total. The van der Waals surface area contributed by atoms with Crippen LogP contribution in [0.3, 0.4) is 0 Å². The predicted octanol–water partition coefficient (Wildman–Crippen LogP) is 0.504. The van der Waals surface area contributed by atoms with Gasteiger partial charge >= 0.3 is 6.03 Å². The van der Waals surface area contributed by atoms with Crippen molar-refractivity contribution in [2.75, 3.05) is 12.3 Å². The summed E-state index contributed by atoms with van der Waals surface area (Å²) in [5, 5.41) is 15.7. The number of Topliss-reactive ketones (excluding diaryl/α,β-unsaturated/α-hetero) is 2. The molecule has 11 heteroatoms. The maximum absolute atomic E-state index is 13.0. The van der Waals surface area contributed by atoms with Crippen molar-refractivity contribution < 1.29 is 29.2 Å². The van der Waals surface area contributed by atoms with Crippen LogP contribution in [0.5, 0.6) is 0 Å². The molecule has 0 aromatic rings. The van der Waals surface area contributed by atoms with Gasteiger partial charge in [0.15, 0.2) is 17.0 Å². The highest BCUT2D eigenvalue weighted by atomic mass is 32.2. The molecular weight excluding hydrogens is 424 g/mol. The van der Waals surface area contributed by atoms with Crippen molar-refractivity contribution in [2.45, 2.75) is 75.1 Å². The van der Waals surface area contributed by atoms with Gasteiger partial charge in [-0.05, 0) is 32.2 Å². The number of hydrogen-bond donors (Lipinski definition) is 4. The number of hydrogen-bond acceptors (Lipinski definition) is 8. The monoisotopic (exact) mass is 454 g/mol. The molecule has 1 unspecified atom stereocenters. The summed E-state index contributed by atoms with van der Waals surface area (Å²) in [6, 6.07) is 0.0499. The maximum atomic E-state index is 13.0. The first kappa shape index (κ1) is 23.7. The van der Waals surface area contributed by atoms with E-state index in [0.29, 0.717) is 32.2 Å². The number of amides is 4. The molecule has 0 bridgehead atoms. The second-order valence-corrected chi connectivity index (χ2v) is 9.68. The minimum absolute atomic E-state index is 0.00686. The lowest BCUT2D eigenvalue weighted by Gasteiger charge is -2.23. The Morgan fingerprint density at radius 2 is 1.74 bits per heavy atom. The number of thioether (sulfide) groups is 1. The molecule has 0 aliphatic carbocycles. The van der Waals surface area contributed by atoms with E-state index >= 15 is 0 Å². The van der Waals surface area contributed by atoms with Crippen LogP contribution in [0.1, 0.15) is 57.8 Å². The molecule has 31 heavy (non-hydrogen) atoms. The molecule has 0 aromatic carbocycles. The molecular formula is C20H30N4O6S. The Labute approximate surface area is 185 Å². The molecule has 172 valence electrons. The van der Waals surface area contributed by atoms with E-state index in [9.17, 15) is 29.2 Å². The normalized spacial score (nSPS) is 29.8. The number of ketones is 2. The molecule has 10 nitrogen and oxygen atoms in total. The average molecular weight is 455 g/mol. The first-order valence-corrected chi connectivity index (χ1v) is 11.9. The third-order valence-corrected chi connectivity index (χ3v) is 7.86. The van der Waals surface area contributed by atoms with Crippen LogP contribution in [0.25, 0.3) is 0 Å². The second-order valence-electron chi connectivity index (χ2n) is 8.41. The summed E-state index contributed by atoms with van der Waals surface area (Å²) in [6.45, 7) is 0.487. The molecule has 3 fully saturated rings. The van der Waals surface area contributed by atoms with Crippen molar-refractivity contribution >= 4 is 41.2 Å². The van der Waals surface area contributed by atoms with Gasteiger partial charge < -0.3 is 16.4 Å². The molecule has 3 aliphatic heterocycles. The fourth-order valence-electron chi connectivity index (χ4n) is 4.57. The number of fused-ring (bicyclic) bond motifs is 1. The molecule has 3 aliphatic rings. The van der Waals surface area contributed by atoms with Crippen LogP contribution in [-0.2, 0) is 19.2 Å². The number of imide groups is 1. The molecule has 0 spiro atoms. The Kier molecular flexibility index (Phi) is 7.71. The summed E-state index contributed by atoms with van der Waals surface area (Å²) in [4.78, 5) is 61.8. The van der Waals surface area contributed by atoms with E-state index in [1.807, 2.05) is 0 Å². The van der Waals surface area contributed by atoms with E-state index in [-0.39, 0.29) is 41.3 Å². The minimum atomic E-state index is -2.09. The van der Waals surface area contributed by atoms with E-state index in [2.05, 4.69) is 10.6 Å². The zero-order chi connectivity index (χ0) is 22.6. The van der Waals surface area contributed by atoms with E-state index in [1.54, 1.807) is 11.8 Å². The fraction of sp³-hybridized carbons (Fsp3) is 0.750. The number of unbranched alkanes of at least 4 members (excludes halogenated alkanes) is 3. The van der Waals surface area contributed by atoms with Gasteiger partial charge in [-0.3, -0.25) is 24.4 Å². The fourth-order valence-corrected chi connectivity index (χ4v) is 6.11. The zero-order valence-electron chi connectivity index (χ0n) is 17.4. The number of nitrogens with zero attached hydrogens (tertiary/aromatic N) is 1. The topological polar surface area (TPSA) is 159 Å². The summed E-state index contributed by atoms with van der Waals surface area (Å²) < 4.78 is 0. The standard InChI is InChI=1S/C20H30N4O6S/c21-9-5-1-2-7-14(25)20(10-16(27)24(30)18(20)28)15(26)8-4-3-6-13-17-12(11-31-13)22-19(29)23-17/h12-13,17,30H,1-11,21H2,(H2,22,23,29)/t12-,13-,17-,20?/m0/s1. The summed E-state index contributed by atoms with van der Waals surface area (Å²) in [7, 11) is 0. The van der Waals surface area contributed by atoms with Crippen LogP contribution in [0, 0.1) is 5.41 Å². The van der Waals surface area contributed by atoms with Gasteiger partial charge in [-0.15, -0.1) is 0 Å². The molecule has 3 heterocycles. The maximum Gasteiger partial charge on any atom is 0.315 e. The summed E-state index contributed by atoms with van der Waals surface area (Å²) in [5.74, 6) is -2.40. The SMILES string of the molecule is NCCCCCC(=O)C1(C(=O)CCCC[C@@H]2SC[C@@H]3NC(=O)N[C@@H]32)CC(=O)N(O)C1=O. The Hall–Kier alpha value is -1.98. The van der Waals surface area contributed by atoms with Crippen LogP contribution in [0.4, 0.5) is 4.79 Å². The van der Waals surface area contributed by atoms with Crippen LogP contribution < -0.4 is 16.4 Å².